The zero-order chi connectivity index (χ0) is 35.3. The molecule has 0 aliphatic carbocycles. The van der Waals surface area contributed by atoms with Crippen molar-refractivity contribution in [3.05, 3.63) is 96.3 Å². The van der Waals surface area contributed by atoms with Crippen LogP contribution in [0.4, 0.5) is 0 Å². The lowest BCUT2D eigenvalue weighted by Gasteiger charge is -2.24. The number of hydrogen-bond donors (Lipinski definition) is 2. The Balaban J connectivity index is 1.22. The minimum absolute atomic E-state index is 0.118. The summed E-state index contributed by atoms with van der Waals surface area (Å²) in [6.45, 7) is 5.77. The van der Waals surface area contributed by atoms with Crippen LogP contribution in [0.5, 0.6) is 11.5 Å². The number of rotatable bonds is 17. The summed E-state index contributed by atoms with van der Waals surface area (Å²) < 4.78 is 11.4. The Kier molecular flexibility index (Phi) is 12.9. The molecule has 262 valence electrons. The fourth-order valence-electron chi connectivity index (χ4n) is 5.98. The molecule has 3 aromatic carbocycles. The maximum absolute atomic E-state index is 13.6. The third-order valence-electron chi connectivity index (χ3n) is 8.89. The molecule has 2 unspecified atom stereocenters. The van der Waals surface area contributed by atoms with Crippen molar-refractivity contribution in [1.82, 2.24) is 20.2 Å². The molecule has 2 N–H and O–H groups in total. The number of unbranched alkanes of at least 4 members (excludes halogenated alkanes) is 4. The third kappa shape index (κ3) is 9.90. The molecule has 1 aromatic heterocycles. The first-order valence-electron chi connectivity index (χ1n) is 17.5. The Morgan fingerprint density at radius 1 is 0.820 bits per heavy atom. The molecule has 0 radical (unpaired) electrons. The summed E-state index contributed by atoms with van der Waals surface area (Å²) in [5.41, 5.74) is 3.93. The Bertz CT molecular complexity index is 1690. The van der Waals surface area contributed by atoms with Crippen LogP contribution in [0.2, 0.25) is 0 Å². The van der Waals surface area contributed by atoms with Gasteiger partial charge in [0.25, 0.3) is 5.91 Å². The molecular formula is C40H46N4O6. The fourth-order valence-corrected chi connectivity index (χ4v) is 5.98. The number of nitrogens with zero attached hydrogens (tertiary/aromatic N) is 3. The van der Waals surface area contributed by atoms with Gasteiger partial charge >= 0.3 is 5.97 Å². The van der Waals surface area contributed by atoms with Crippen molar-refractivity contribution in [2.75, 3.05) is 26.3 Å². The predicted molar refractivity (Wildman–Crippen MR) is 192 cm³/mol. The van der Waals surface area contributed by atoms with Crippen LogP contribution in [0.15, 0.2) is 85.2 Å². The molecule has 1 aliphatic rings. The highest BCUT2D eigenvalue weighted by Gasteiger charge is 2.35. The summed E-state index contributed by atoms with van der Waals surface area (Å²) in [7, 11) is 0. The van der Waals surface area contributed by atoms with Crippen LogP contribution >= 0.6 is 0 Å². The van der Waals surface area contributed by atoms with Crippen molar-refractivity contribution in [3.8, 4) is 34.0 Å². The molecule has 10 nitrogen and oxygen atoms in total. The average molecular weight is 679 g/mol. The number of carbonyl (C=O) groups excluding carboxylic acids is 2. The van der Waals surface area contributed by atoms with Crippen LogP contribution in [-0.2, 0) is 16.0 Å². The van der Waals surface area contributed by atoms with Crippen LogP contribution in [0.3, 0.4) is 0 Å². The maximum atomic E-state index is 13.6. The summed E-state index contributed by atoms with van der Waals surface area (Å²) >= 11 is 0. The van der Waals surface area contributed by atoms with Crippen LogP contribution in [0.1, 0.15) is 68.3 Å². The summed E-state index contributed by atoms with van der Waals surface area (Å²) in [4.78, 5) is 49.2. The zero-order valence-electron chi connectivity index (χ0n) is 28.8. The minimum atomic E-state index is -0.924. The lowest BCUT2D eigenvalue weighted by molar-refractivity contribution is -0.141. The number of amides is 2. The lowest BCUT2D eigenvalue weighted by atomic mass is 10.0. The van der Waals surface area contributed by atoms with E-state index < -0.39 is 23.8 Å². The van der Waals surface area contributed by atoms with Crippen LogP contribution in [-0.4, -0.2) is 70.1 Å². The van der Waals surface area contributed by atoms with Crippen LogP contribution in [0.25, 0.3) is 22.5 Å². The molecule has 0 bridgehead atoms. The van der Waals surface area contributed by atoms with Gasteiger partial charge in [0.15, 0.2) is 5.82 Å². The molecule has 1 aliphatic heterocycles. The number of nitrogens with one attached hydrogen (secondary N) is 1. The van der Waals surface area contributed by atoms with Crippen molar-refractivity contribution in [2.24, 2.45) is 5.92 Å². The molecule has 2 heterocycles. The summed E-state index contributed by atoms with van der Waals surface area (Å²) in [6, 6.07) is 21.4. The molecular weight excluding hydrogens is 632 g/mol. The third-order valence-corrected chi connectivity index (χ3v) is 8.89. The number of carboxylic acids is 1. The number of hydrogen-bond acceptors (Lipinski definition) is 7. The van der Waals surface area contributed by atoms with Gasteiger partial charge < -0.3 is 24.8 Å². The maximum Gasteiger partial charge on any atom is 0.308 e. The van der Waals surface area contributed by atoms with E-state index in [0.29, 0.717) is 36.7 Å². The molecule has 0 spiro atoms. The molecule has 4 aromatic rings. The topological polar surface area (TPSA) is 131 Å². The largest absolute Gasteiger partial charge is 0.494 e. The number of ether oxygens (including phenoxy) is 2. The molecule has 2 atom stereocenters. The van der Waals surface area contributed by atoms with Gasteiger partial charge in [-0.05, 0) is 67.3 Å². The Labute approximate surface area is 293 Å². The van der Waals surface area contributed by atoms with Crippen molar-refractivity contribution in [3.63, 3.8) is 0 Å². The standard InChI is InChI=1S/C40H46N4O6/c1-3-5-6-7-8-23-50-35-17-13-29(14-18-35)33-25-41-37(42-26-33)30-11-9-28(10-12-30)24-36(39(46)44-22-21-32(27-44)40(47)48)43-38(45)31-15-19-34(20-16-31)49-4-2/h9-20,25-26,32,36H,3-8,21-24,27H2,1-2H3,(H,43,45)(H,47,48). The van der Waals surface area contributed by atoms with Gasteiger partial charge in [-0.2, -0.15) is 0 Å². The Morgan fingerprint density at radius 3 is 2.10 bits per heavy atom. The average Bonchev–Trinajstić information content (AvgIpc) is 3.65. The second-order valence-electron chi connectivity index (χ2n) is 12.6. The molecule has 2 amide bonds. The quantitative estimate of drug-likeness (QED) is 0.116. The van der Waals surface area contributed by atoms with Gasteiger partial charge in [0.2, 0.25) is 5.91 Å². The van der Waals surface area contributed by atoms with E-state index >= 15 is 0 Å². The summed E-state index contributed by atoms with van der Waals surface area (Å²) in [5, 5.41) is 12.4. The summed E-state index contributed by atoms with van der Waals surface area (Å²) in [6.07, 6.45) is 10.2. The van der Waals surface area contributed by atoms with E-state index in [-0.39, 0.29) is 18.9 Å². The highest BCUT2D eigenvalue weighted by atomic mass is 16.5. The highest BCUT2D eigenvalue weighted by molar-refractivity contribution is 5.98. The molecule has 5 rings (SSSR count). The van der Waals surface area contributed by atoms with Gasteiger partial charge in [0.1, 0.15) is 17.5 Å². The molecule has 50 heavy (non-hydrogen) atoms. The number of aromatic nitrogens is 2. The van der Waals surface area contributed by atoms with E-state index in [0.717, 1.165) is 41.0 Å². The molecule has 10 heteroatoms. The number of benzene rings is 3. The minimum Gasteiger partial charge on any atom is -0.494 e. The van der Waals surface area contributed by atoms with Crippen molar-refractivity contribution in [2.45, 2.75) is 64.8 Å². The summed E-state index contributed by atoms with van der Waals surface area (Å²) in [5.74, 6) is -0.177. The van der Waals surface area contributed by atoms with Crippen molar-refractivity contribution < 1.29 is 29.0 Å². The van der Waals surface area contributed by atoms with Gasteiger partial charge in [-0.25, -0.2) is 9.97 Å². The smallest absolute Gasteiger partial charge is 0.308 e. The van der Waals surface area contributed by atoms with E-state index in [1.165, 1.54) is 30.6 Å². The fraction of sp³-hybridized carbons (Fsp3) is 0.375. The number of carboxylic acid groups (broad SMARTS) is 1. The van der Waals surface area contributed by atoms with E-state index in [1.54, 1.807) is 36.7 Å². The second-order valence-corrected chi connectivity index (χ2v) is 12.6. The van der Waals surface area contributed by atoms with Crippen molar-refractivity contribution >= 4 is 17.8 Å². The van der Waals surface area contributed by atoms with Gasteiger partial charge in [0.05, 0.1) is 19.1 Å². The highest BCUT2D eigenvalue weighted by Crippen LogP contribution is 2.24. The first-order valence-corrected chi connectivity index (χ1v) is 17.5. The van der Waals surface area contributed by atoms with Gasteiger partial charge in [-0.15, -0.1) is 0 Å². The normalized spacial score (nSPS) is 14.6. The Hall–Kier alpha value is -5.25. The molecule has 0 saturated carbocycles. The van der Waals surface area contributed by atoms with E-state index in [2.05, 4.69) is 22.2 Å². The number of likely N-dealkylation sites (tertiary alicyclic amines) is 1. The van der Waals surface area contributed by atoms with Crippen LogP contribution < -0.4 is 14.8 Å². The predicted octanol–water partition coefficient (Wildman–Crippen LogP) is 6.83. The van der Waals surface area contributed by atoms with E-state index in [1.807, 2.05) is 55.5 Å². The van der Waals surface area contributed by atoms with Gasteiger partial charge in [-0.3, -0.25) is 14.4 Å². The monoisotopic (exact) mass is 678 g/mol. The van der Waals surface area contributed by atoms with Crippen molar-refractivity contribution in [1.29, 1.82) is 0 Å². The first-order chi connectivity index (χ1) is 24.3. The van der Waals surface area contributed by atoms with E-state index in [4.69, 9.17) is 9.47 Å². The number of aliphatic carboxylic acids is 1. The SMILES string of the molecule is CCCCCCCOc1ccc(-c2cnc(-c3ccc(CC(NC(=O)c4ccc(OCC)cc4)C(=O)N4CCC(C(=O)O)C4)cc3)nc2)cc1. The van der Waals surface area contributed by atoms with Gasteiger partial charge in [0, 0.05) is 48.6 Å². The van der Waals surface area contributed by atoms with Crippen LogP contribution in [0, 0.1) is 5.92 Å². The second kappa shape index (κ2) is 17.9. The zero-order valence-corrected chi connectivity index (χ0v) is 28.8. The first kappa shape index (κ1) is 36.0. The lowest BCUT2D eigenvalue weighted by Crippen LogP contribution is -2.49. The Morgan fingerprint density at radius 2 is 1.46 bits per heavy atom. The number of carbonyl (C=O) groups is 3. The van der Waals surface area contributed by atoms with Gasteiger partial charge in [-0.1, -0.05) is 69.0 Å². The molecule has 1 fully saturated rings. The van der Waals surface area contributed by atoms with E-state index in [9.17, 15) is 19.5 Å². The molecule has 1 saturated heterocycles.